The quantitative estimate of drug-likeness (QED) is 0.768. The third-order valence-corrected chi connectivity index (χ3v) is 2.50. The molecule has 7 heteroatoms. The molecule has 2 rings (SSSR count). The van der Waals surface area contributed by atoms with E-state index in [0.29, 0.717) is 11.3 Å². The summed E-state index contributed by atoms with van der Waals surface area (Å²) in [5.41, 5.74) is 10.9. The first-order valence-electron chi connectivity index (χ1n) is 5.54. The third-order valence-electron chi connectivity index (χ3n) is 2.50. The molecule has 0 aliphatic carbocycles. The van der Waals surface area contributed by atoms with E-state index in [1.807, 2.05) is 0 Å². The molecule has 1 aromatic heterocycles. The van der Waals surface area contributed by atoms with E-state index in [0.717, 1.165) is 0 Å². The number of aromatic carboxylic acids is 1. The minimum atomic E-state index is -1.17. The number of nitrogen functional groups attached to an aromatic ring is 1. The Balaban J connectivity index is 2.23. The zero-order valence-corrected chi connectivity index (χ0v) is 10.2. The molecule has 2 aromatic rings. The largest absolute Gasteiger partial charge is 0.478 e. The summed E-state index contributed by atoms with van der Waals surface area (Å²) in [7, 11) is 0. The van der Waals surface area contributed by atoms with Crippen molar-refractivity contribution < 1.29 is 19.4 Å². The van der Waals surface area contributed by atoms with Crippen LogP contribution in [0, 0.1) is 0 Å². The average molecular weight is 273 g/mol. The number of aromatic nitrogens is 1. The molecule has 0 aliphatic heterocycles. The maximum atomic E-state index is 10.9. The highest BCUT2D eigenvalue weighted by Crippen LogP contribution is 2.22. The number of anilines is 1. The molecule has 0 saturated carbocycles. The first kappa shape index (κ1) is 13.3. The molecule has 0 bridgehead atoms. The van der Waals surface area contributed by atoms with Gasteiger partial charge in [0.15, 0.2) is 0 Å². The monoisotopic (exact) mass is 273 g/mol. The maximum Gasteiger partial charge on any atom is 0.338 e. The molecule has 20 heavy (non-hydrogen) atoms. The van der Waals surface area contributed by atoms with Gasteiger partial charge in [0.1, 0.15) is 5.75 Å². The molecule has 0 unspecified atom stereocenters. The molecule has 0 radical (unpaired) electrons. The number of benzene rings is 1. The first-order chi connectivity index (χ1) is 9.47. The Kier molecular flexibility index (Phi) is 3.52. The molecule has 0 fully saturated rings. The van der Waals surface area contributed by atoms with Crippen molar-refractivity contribution in [2.75, 3.05) is 5.73 Å². The minimum absolute atomic E-state index is 0.0499. The first-order valence-corrected chi connectivity index (χ1v) is 5.54. The van der Waals surface area contributed by atoms with Gasteiger partial charge in [-0.1, -0.05) is 0 Å². The predicted molar refractivity (Wildman–Crippen MR) is 70.6 cm³/mol. The van der Waals surface area contributed by atoms with Crippen molar-refractivity contribution in [1.29, 1.82) is 0 Å². The van der Waals surface area contributed by atoms with Crippen LogP contribution in [0.2, 0.25) is 0 Å². The summed E-state index contributed by atoms with van der Waals surface area (Å²) in [6.07, 6.45) is 1.20. The molecule has 102 valence electrons. The van der Waals surface area contributed by atoms with E-state index in [1.54, 1.807) is 0 Å². The number of nitrogens with zero attached hydrogens (tertiary/aromatic N) is 1. The second kappa shape index (κ2) is 5.27. The third kappa shape index (κ3) is 2.83. The fourth-order valence-corrected chi connectivity index (χ4v) is 1.50. The molecule has 0 aliphatic rings. The molecule has 1 heterocycles. The number of amides is 1. The highest BCUT2D eigenvalue weighted by atomic mass is 16.5. The van der Waals surface area contributed by atoms with E-state index >= 15 is 0 Å². The van der Waals surface area contributed by atoms with Crippen LogP contribution in [-0.2, 0) is 0 Å². The normalized spacial score (nSPS) is 10.0. The number of nitrogens with two attached hydrogens (primary N) is 2. The molecular formula is C13H11N3O4. The number of primary amides is 1. The zero-order chi connectivity index (χ0) is 14.7. The van der Waals surface area contributed by atoms with Gasteiger partial charge in [0, 0.05) is 11.6 Å². The van der Waals surface area contributed by atoms with Crippen molar-refractivity contribution in [3.8, 4) is 11.6 Å². The van der Waals surface area contributed by atoms with Gasteiger partial charge < -0.3 is 21.3 Å². The lowest BCUT2D eigenvalue weighted by atomic mass is 10.2. The van der Waals surface area contributed by atoms with E-state index in [4.69, 9.17) is 21.3 Å². The van der Waals surface area contributed by atoms with Crippen LogP contribution in [-0.4, -0.2) is 22.0 Å². The second-order valence-electron chi connectivity index (χ2n) is 3.91. The van der Waals surface area contributed by atoms with Crippen molar-refractivity contribution >= 4 is 17.6 Å². The number of carboxylic acid groups (broad SMARTS) is 1. The van der Waals surface area contributed by atoms with Crippen LogP contribution in [0.1, 0.15) is 20.7 Å². The molecule has 0 spiro atoms. The van der Waals surface area contributed by atoms with Crippen LogP contribution >= 0.6 is 0 Å². The minimum Gasteiger partial charge on any atom is -0.478 e. The van der Waals surface area contributed by atoms with E-state index in [2.05, 4.69) is 4.98 Å². The van der Waals surface area contributed by atoms with Crippen molar-refractivity contribution in [3.05, 3.63) is 47.7 Å². The summed E-state index contributed by atoms with van der Waals surface area (Å²) in [5, 5.41) is 8.94. The Morgan fingerprint density at radius 2 is 1.85 bits per heavy atom. The molecule has 0 saturated heterocycles. The van der Waals surface area contributed by atoms with Crippen molar-refractivity contribution in [3.63, 3.8) is 0 Å². The van der Waals surface area contributed by atoms with Crippen LogP contribution in [0.5, 0.6) is 11.6 Å². The highest BCUT2D eigenvalue weighted by Gasteiger charge is 2.11. The van der Waals surface area contributed by atoms with Crippen LogP contribution in [0.25, 0.3) is 0 Å². The standard InChI is InChI=1S/C13H11N3O4/c14-10-6-16-11(5-9(10)13(18)19)20-8-3-1-7(2-4-8)12(15)17/h1-6H,14H2,(H2,15,17)(H,18,19). The number of pyridine rings is 1. The average Bonchev–Trinajstić information content (AvgIpc) is 2.41. The van der Waals surface area contributed by atoms with Gasteiger partial charge in [-0.15, -0.1) is 0 Å². The Bertz CT molecular complexity index is 668. The Labute approximate surface area is 113 Å². The Hall–Kier alpha value is -3.09. The lowest BCUT2D eigenvalue weighted by molar-refractivity contribution is 0.0697. The highest BCUT2D eigenvalue weighted by molar-refractivity contribution is 5.94. The lowest BCUT2D eigenvalue weighted by Gasteiger charge is -2.07. The van der Waals surface area contributed by atoms with E-state index in [-0.39, 0.29) is 17.1 Å². The summed E-state index contributed by atoms with van der Waals surface area (Å²) in [4.78, 5) is 25.7. The van der Waals surface area contributed by atoms with Crippen molar-refractivity contribution in [2.24, 2.45) is 5.73 Å². The van der Waals surface area contributed by atoms with Crippen LogP contribution in [0.4, 0.5) is 5.69 Å². The van der Waals surface area contributed by atoms with Gasteiger partial charge in [-0.3, -0.25) is 4.79 Å². The van der Waals surface area contributed by atoms with Gasteiger partial charge in [0.05, 0.1) is 17.4 Å². The Morgan fingerprint density at radius 1 is 1.20 bits per heavy atom. The van der Waals surface area contributed by atoms with Gasteiger partial charge in [-0.05, 0) is 24.3 Å². The van der Waals surface area contributed by atoms with Gasteiger partial charge in [-0.25, -0.2) is 9.78 Å². The number of ether oxygens (including phenoxy) is 1. The summed E-state index contributed by atoms with van der Waals surface area (Å²) in [6.45, 7) is 0. The zero-order valence-electron chi connectivity index (χ0n) is 10.2. The second-order valence-corrected chi connectivity index (χ2v) is 3.91. The van der Waals surface area contributed by atoms with E-state index < -0.39 is 11.9 Å². The van der Waals surface area contributed by atoms with Crippen molar-refractivity contribution in [2.45, 2.75) is 0 Å². The smallest absolute Gasteiger partial charge is 0.338 e. The topological polar surface area (TPSA) is 129 Å². The summed E-state index contributed by atoms with van der Waals surface area (Å²) in [6, 6.07) is 7.26. The van der Waals surface area contributed by atoms with Gasteiger partial charge in [-0.2, -0.15) is 0 Å². The number of hydrogen-bond acceptors (Lipinski definition) is 5. The number of carbonyl (C=O) groups is 2. The SMILES string of the molecule is NC(=O)c1ccc(Oc2cc(C(=O)O)c(N)cn2)cc1. The number of carboxylic acids is 1. The molecular weight excluding hydrogens is 262 g/mol. The van der Waals surface area contributed by atoms with E-state index in [1.165, 1.54) is 36.5 Å². The van der Waals surface area contributed by atoms with Gasteiger partial charge in [0.2, 0.25) is 11.8 Å². The van der Waals surface area contributed by atoms with E-state index in [9.17, 15) is 9.59 Å². The number of carbonyl (C=O) groups excluding carboxylic acids is 1. The number of rotatable bonds is 4. The summed E-state index contributed by atoms with van der Waals surface area (Å²) < 4.78 is 5.38. The van der Waals surface area contributed by atoms with Crippen molar-refractivity contribution in [1.82, 2.24) is 4.98 Å². The summed E-state index contributed by atoms with van der Waals surface area (Å²) in [5.74, 6) is -1.24. The molecule has 1 amide bonds. The molecule has 5 N–H and O–H groups in total. The van der Waals surface area contributed by atoms with Gasteiger partial charge >= 0.3 is 5.97 Å². The fraction of sp³-hybridized carbons (Fsp3) is 0. The lowest BCUT2D eigenvalue weighted by Crippen LogP contribution is -2.10. The fourth-order valence-electron chi connectivity index (χ4n) is 1.50. The van der Waals surface area contributed by atoms with Gasteiger partial charge in [0.25, 0.3) is 0 Å². The number of hydrogen-bond donors (Lipinski definition) is 3. The van der Waals surface area contributed by atoms with Crippen LogP contribution in [0.3, 0.4) is 0 Å². The molecule has 1 aromatic carbocycles. The molecule has 0 atom stereocenters. The van der Waals surface area contributed by atoms with Crippen LogP contribution < -0.4 is 16.2 Å². The predicted octanol–water partition coefficient (Wildman–Crippen LogP) is 1.25. The summed E-state index contributed by atoms with van der Waals surface area (Å²) >= 11 is 0. The Morgan fingerprint density at radius 3 is 2.40 bits per heavy atom. The molecule has 7 nitrogen and oxygen atoms in total. The maximum absolute atomic E-state index is 10.9. The van der Waals surface area contributed by atoms with Crippen LogP contribution in [0.15, 0.2) is 36.5 Å².